The van der Waals surface area contributed by atoms with E-state index in [4.69, 9.17) is 19.2 Å². The summed E-state index contributed by atoms with van der Waals surface area (Å²) in [5, 5.41) is 0. The number of rotatable bonds is 7. The maximum Gasteiger partial charge on any atom is 0.338 e. The quantitative estimate of drug-likeness (QED) is 0.281. The summed E-state index contributed by atoms with van der Waals surface area (Å²) >= 11 is 6.29. The first-order valence-corrected chi connectivity index (χ1v) is 14.1. The molecule has 4 aromatic rings. The largest absolute Gasteiger partial charge is 0.493 e. The molecule has 0 bridgehead atoms. The molecule has 2 aromatic carbocycles. The van der Waals surface area contributed by atoms with Crippen LogP contribution in [0.1, 0.15) is 29.0 Å². The van der Waals surface area contributed by atoms with Crippen LogP contribution in [0.3, 0.4) is 0 Å². The molecule has 0 spiro atoms. The Kier molecular flexibility index (Phi) is 7.64. The van der Waals surface area contributed by atoms with Gasteiger partial charge in [0, 0.05) is 10.4 Å². The van der Waals surface area contributed by atoms with Gasteiger partial charge in [0.1, 0.15) is 0 Å². The Morgan fingerprint density at radius 2 is 1.82 bits per heavy atom. The number of carbonyl (C=O) groups excluding carboxylic acids is 1. The van der Waals surface area contributed by atoms with Crippen LogP contribution in [0.2, 0.25) is 0 Å². The molecule has 7 nitrogen and oxygen atoms in total. The van der Waals surface area contributed by atoms with Crippen molar-refractivity contribution in [3.05, 3.63) is 106 Å². The second-order valence-corrected chi connectivity index (χ2v) is 11.7. The molecular weight excluding hydrogens is 588 g/mol. The Balaban J connectivity index is 1.85. The molecule has 194 valence electrons. The van der Waals surface area contributed by atoms with Crippen molar-refractivity contribution in [2.45, 2.75) is 13.0 Å². The number of hydrogen-bond acceptors (Lipinski definition) is 8. The number of halogens is 1. The Hall–Kier alpha value is -3.47. The van der Waals surface area contributed by atoms with Gasteiger partial charge in [-0.1, -0.05) is 47.7 Å². The van der Waals surface area contributed by atoms with Crippen molar-refractivity contribution in [2.24, 2.45) is 4.99 Å². The second-order valence-electron chi connectivity index (χ2n) is 8.19. The maximum atomic E-state index is 13.9. The third-order valence-corrected chi connectivity index (χ3v) is 8.52. The number of esters is 1. The van der Waals surface area contributed by atoms with E-state index in [-0.39, 0.29) is 17.7 Å². The minimum atomic E-state index is -0.794. The topological polar surface area (TPSA) is 79.1 Å². The van der Waals surface area contributed by atoms with E-state index in [1.54, 1.807) is 37.8 Å². The number of ether oxygens (including phenoxy) is 3. The lowest BCUT2D eigenvalue weighted by Gasteiger charge is -2.26. The molecule has 0 amide bonds. The number of fused-ring (bicyclic) bond motifs is 1. The maximum absolute atomic E-state index is 13.9. The zero-order valence-electron chi connectivity index (χ0n) is 20.8. The smallest absolute Gasteiger partial charge is 0.338 e. The molecular formula is C28H23BrN2O5S2. The summed E-state index contributed by atoms with van der Waals surface area (Å²) in [5.74, 6) is 0.486. The van der Waals surface area contributed by atoms with E-state index in [0.717, 1.165) is 14.2 Å². The highest BCUT2D eigenvalue weighted by molar-refractivity contribution is 9.11. The first-order valence-electron chi connectivity index (χ1n) is 11.7. The summed E-state index contributed by atoms with van der Waals surface area (Å²) in [6.45, 7) is 1.93. The van der Waals surface area contributed by atoms with Gasteiger partial charge in [-0.3, -0.25) is 9.36 Å². The highest BCUT2D eigenvalue weighted by atomic mass is 79.9. The van der Waals surface area contributed by atoms with Crippen LogP contribution in [0.15, 0.2) is 79.8 Å². The molecule has 0 N–H and O–H groups in total. The van der Waals surface area contributed by atoms with Crippen molar-refractivity contribution < 1.29 is 19.0 Å². The SMILES string of the molecule is CCOC(=O)C1=C(c2ccccc2)N=c2s/c(=C/c3ccc(Br)s3)c(=O)n2[C@@H]1c1ccc(OC)c(OC)c1. The number of thiazole rings is 1. The molecule has 10 heteroatoms. The van der Waals surface area contributed by atoms with Crippen molar-refractivity contribution in [1.29, 1.82) is 0 Å². The highest BCUT2D eigenvalue weighted by Gasteiger charge is 2.35. The Labute approximate surface area is 235 Å². The summed E-state index contributed by atoms with van der Waals surface area (Å²) in [7, 11) is 3.10. The molecule has 0 fully saturated rings. The predicted molar refractivity (Wildman–Crippen MR) is 153 cm³/mol. The van der Waals surface area contributed by atoms with Gasteiger partial charge < -0.3 is 14.2 Å². The summed E-state index contributed by atoms with van der Waals surface area (Å²) < 4.78 is 19.5. The second kappa shape index (κ2) is 11.1. The fourth-order valence-electron chi connectivity index (χ4n) is 4.31. The van der Waals surface area contributed by atoms with Crippen molar-refractivity contribution in [1.82, 2.24) is 4.57 Å². The van der Waals surface area contributed by atoms with Crippen LogP contribution >= 0.6 is 38.6 Å². The molecule has 0 aliphatic carbocycles. The lowest BCUT2D eigenvalue weighted by Crippen LogP contribution is -2.40. The standard InChI is InChI=1S/C28H23BrN2O5S2/c1-4-36-27(33)23-24(16-8-6-5-7-9-16)30-28-31(25(23)17-10-12-19(34-2)20(14-17)35-3)26(32)21(38-28)15-18-11-13-22(29)37-18/h5-15,25H,4H2,1-3H3/b21-15+/t25-/m1/s1. The number of nitrogens with zero attached hydrogens (tertiary/aromatic N) is 2. The molecule has 1 aliphatic rings. The molecule has 1 atom stereocenters. The van der Waals surface area contributed by atoms with Crippen molar-refractivity contribution in [3.63, 3.8) is 0 Å². The molecule has 38 heavy (non-hydrogen) atoms. The van der Waals surface area contributed by atoms with E-state index in [1.165, 1.54) is 22.7 Å². The number of hydrogen-bond donors (Lipinski definition) is 0. The lowest BCUT2D eigenvalue weighted by molar-refractivity contribution is -0.138. The minimum Gasteiger partial charge on any atom is -0.493 e. The van der Waals surface area contributed by atoms with Gasteiger partial charge in [0.05, 0.1) is 46.5 Å². The molecule has 0 saturated heterocycles. The highest BCUT2D eigenvalue weighted by Crippen LogP contribution is 2.38. The van der Waals surface area contributed by atoms with Gasteiger partial charge >= 0.3 is 5.97 Å². The number of carbonyl (C=O) groups is 1. The van der Waals surface area contributed by atoms with Gasteiger partial charge in [-0.05, 0) is 58.8 Å². The summed E-state index contributed by atoms with van der Waals surface area (Å²) in [6.07, 6.45) is 1.85. The molecule has 3 heterocycles. The zero-order chi connectivity index (χ0) is 26.8. The third kappa shape index (κ3) is 4.87. The van der Waals surface area contributed by atoms with Crippen LogP contribution < -0.4 is 24.4 Å². The Bertz CT molecular complexity index is 1720. The fraction of sp³-hybridized carbons (Fsp3) is 0.179. The van der Waals surface area contributed by atoms with E-state index in [0.29, 0.717) is 32.1 Å². The summed E-state index contributed by atoms with van der Waals surface area (Å²) in [5.41, 5.74) is 1.92. The molecule has 1 aliphatic heterocycles. The Morgan fingerprint density at radius 3 is 2.47 bits per heavy atom. The van der Waals surface area contributed by atoms with Crippen LogP contribution in [-0.4, -0.2) is 31.4 Å². The Morgan fingerprint density at radius 1 is 1.05 bits per heavy atom. The number of thiophene rings is 1. The van der Waals surface area contributed by atoms with Gasteiger partial charge in [0.15, 0.2) is 16.3 Å². The van der Waals surface area contributed by atoms with Gasteiger partial charge in [-0.2, -0.15) is 0 Å². The van der Waals surface area contributed by atoms with Crippen LogP contribution in [0.4, 0.5) is 0 Å². The van der Waals surface area contributed by atoms with Crippen LogP contribution in [0, 0.1) is 0 Å². The van der Waals surface area contributed by atoms with E-state index < -0.39 is 12.0 Å². The molecule has 0 radical (unpaired) electrons. The first kappa shape index (κ1) is 26.1. The average molecular weight is 612 g/mol. The van der Waals surface area contributed by atoms with E-state index in [9.17, 15) is 9.59 Å². The molecule has 5 rings (SSSR count). The monoisotopic (exact) mass is 610 g/mol. The fourth-order valence-corrected chi connectivity index (χ4v) is 6.75. The average Bonchev–Trinajstić information content (AvgIpc) is 3.49. The van der Waals surface area contributed by atoms with Crippen molar-refractivity contribution in [2.75, 3.05) is 20.8 Å². The number of aromatic nitrogens is 1. The molecule has 0 saturated carbocycles. The van der Waals surface area contributed by atoms with E-state index in [1.807, 2.05) is 54.6 Å². The predicted octanol–water partition coefficient (Wildman–Crippen LogP) is 4.78. The van der Waals surface area contributed by atoms with Crippen LogP contribution in [0.25, 0.3) is 11.8 Å². The van der Waals surface area contributed by atoms with Crippen molar-refractivity contribution in [3.8, 4) is 11.5 Å². The van der Waals surface area contributed by atoms with Gasteiger partial charge in [-0.15, -0.1) is 11.3 Å². The third-order valence-electron chi connectivity index (χ3n) is 5.96. The normalized spacial score (nSPS) is 15.2. The summed E-state index contributed by atoms with van der Waals surface area (Å²) in [4.78, 5) is 33.7. The zero-order valence-corrected chi connectivity index (χ0v) is 24.0. The molecule has 0 unspecified atom stereocenters. The number of benzene rings is 2. The van der Waals surface area contributed by atoms with Crippen LogP contribution in [0.5, 0.6) is 11.5 Å². The van der Waals surface area contributed by atoms with Gasteiger partial charge in [0.25, 0.3) is 5.56 Å². The minimum absolute atomic E-state index is 0.181. The van der Waals surface area contributed by atoms with Crippen LogP contribution in [-0.2, 0) is 9.53 Å². The summed E-state index contributed by atoms with van der Waals surface area (Å²) in [6, 6.07) is 17.9. The number of methoxy groups -OCH3 is 2. The van der Waals surface area contributed by atoms with Crippen molar-refractivity contribution >= 4 is 56.3 Å². The van der Waals surface area contributed by atoms with Gasteiger partial charge in [0.2, 0.25) is 0 Å². The van der Waals surface area contributed by atoms with Gasteiger partial charge in [-0.25, -0.2) is 9.79 Å². The first-order chi connectivity index (χ1) is 18.4. The van der Waals surface area contributed by atoms with E-state index >= 15 is 0 Å². The lowest BCUT2D eigenvalue weighted by atomic mass is 9.93. The molecule has 2 aromatic heterocycles. The van der Waals surface area contributed by atoms with E-state index in [2.05, 4.69) is 15.9 Å².